The van der Waals surface area contributed by atoms with Crippen molar-refractivity contribution in [2.24, 2.45) is 0 Å². The molecule has 1 aromatic carbocycles. The average molecular weight is 212 g/mol. The first kappa shape index (κ1) is 11.5. The molecule has 0 heterocycles. The molecule has 0 aliphatic heterocycles. The minimum absolute atomic E-state index is 0.00553. The van der Waals surface area contributed by atoms with E-state index in [1.54, 1.807) is 0 Å². The molecule has 4 nitrogen and oxygen atoms in total. The molecular weight excluding hydrogens is 199 g/mol. The Balaban J connectivity index is 2.65. The van der Waals surface area contributed by atoms with Crippen LogP contribution in [0.1, 0.15) is 16.8 Å². The van der Waals surface area contributed by atoms with Crippen LogP contribution in [0.2, 0.25) is 0 Å². The van der Waals surface area contributed by atoms with Crippen molar-refractivity contribution >= 4 is 11.6 Å². The van der Waals surface area contributed by atoms with Crippen molar-refractivity contribution in [3.63, 3.8) is 0 Å². The molecule has 0 saturated carbocycles. The van der Waals surface area contributed by atoms with E-state index in [4.69, 9.17) is 10.8 Å². The van der Waals surface area contributed by atoms with Gasteiger partial charge in [-0.25, -0.2) is 4.39 Å². The third-order valence-electron chi connectivity index (χ3n) is 1.80. The number of amides is 1. The molecule has 1 rings (SSSR count). The molecule has 0 unspecified atom stereocenters. The zero-order chi connectivity index (χ0) is 11.3. The van der Waals surface area contributed by atoms with Crippen molar-refractivity contribution in [1.82, 2.24) is 5.32 Å². The first-order valence-electron chi connectivity index (χ1n) is 4.58. The third-order valence-corrected chi connectivity index (χ3v) is 1.80. The van der Waals surface area contributed by atoms with E-state index < -0.39 is 11.7 Å². The summed E-state index contributed by atoms with van der Waals surface area (Å²) in [6.07, 6.45) is 0.469. The zero-order valence-corrected chi connectivity index (χ0v) is 8.16. The number of carbonyl (C=O) groups is 1. The lowest BCUT2D eigenvalue weighted by atomic mass is 10.2. The van der Waals surface area contributed by atoms with Gasteiger partial charge in [-0.3, -0.25) is 4.79 Å². The van der Waals surface area contributed by atoms with E-state index >= 15 is 0 Å². The van der Waals surface area contributed by atoms with Gasteiger partial charge in [0, 0.05) is 24.4 Å². The molecule has 1 amide bonds. The maximum Gasteiger partial charge on any atom is 0.251 e. The predicted molar refractivity (Wildman–Crippen MR) is 54.8 cm³/mol. The number of aliphatic hydroxyl groups is 1. The van der Waals surface area contributed by atoms with Gasteiger partial charge in [-0.15, -0.1) is 0 Å². The molecule has 15 heavy (non-hydrogen) atoms. The number of nitrogens with one attached hydrogen (secondary N) is 1. The predicted octanol–water partition coefficient (Wildman–Crippen LogP) is 0.520. The Morgan fingerprint density at radius 2 is 2.20 bits per heavy atom. The average Bonchev–Trinajstić information content (AvgIpc) is 2.16. The van der Waals surface area contributed by atoms with E-state index in [-0.39, 0.29) is 17.9 Å². The highest BCUT2D eigenvalue weighted by atomic mass is 19.1. The van der Waals surface area contributed by atoms with Crippen molar-refractivity contribution < 1.29 is 14.3 Å². The van der Waals surface area contributed by atoms with Crippen LogP contribution < -0.4 is 11.1 Å². The van der Waals surface area contributed by atoms with Crippen LogP contribution in [0.3, 0.4) is 0 Å². The Kier molecular flexibility index (Phi) is 4.05. The number of carbonyl (C=O) groups excluding carboxylic acids is 1. The Hall–Kier alpha value is -1.62. The molecule has 0 aromatic heterocycles. The van der Waals surface area contributed by atoms with Gasteiger partial charge >= 0.3 is 0 Å². The first-order chi connectivity index (χ1) is 7.13. The van der Waals surface area contributed by atoms with Gasteiger partial charge in [0.2, 0.25) is 0 Å². The highest BCUT2D eigenvalue weighted by Crippen LogP contribution is 2.10. The van der Waals surface area contributed by atoms with E-state index in [1.807, 2.05) is 0 Å². The van der Waals surface area contributed by atoms with Crippen molar-refractivity contribution in [2.45, 2.75) is 6.42 Å². The number of hydrogen-bond donors (Lipinski definition) is 3. The van der Waals surface area contributed by atoms with Gasteiger partial charge in [0.1, 0.15) is 5.82 Å². The minimum Gasteiger partial charge on any atom is -0.399 e. The van der Waals surface area contributed by atoms with E-state index in [0.717, 1.165) is 12.1 Å². The second-order valence-corrected chi connectivity index (χ2v) is 3.11. The molecule has 0 atom stereocenters. The van der Waals surface area contributed by atoms with Crippen LogP contribution in [0.5, 0.6) is 0 Å². The van der Waals surface area contributed by atoms with Gasteiger partial charge in [-0.05, 0) is 24.6 Å². The van der Waals surface area contributed by atoms with Crippen molar-refractivity contribution in [3.05, 3.63) is 29.6 Å². The van der Waals surface area contributed by atoms with Gasteiger partial charge < -0.3 is 16.2 Å². The van der Waals surface area contributed by atoms with Gasteiger partial charge in [0.25, 0.3) is 5.91 Å². The SMILES string of the molecule is Nc1cc(F)cc(C(=O)NCCCO)c1. The van der Waals surface area contributed by atoms with Gasteiger partial charge in [0.15, 0.2) is 0 Å². The second-order valence-electron chi connectivity index (χ2n) is 3.11. The van der Waals surface area contributed by atoms with E-state index in [0.29, 0.717) is 13.0 Å². The van der Waals surface area contributed by atoms with E-state index in [1.165, 1.54) is 6.07 Å². The number of hydrogen-bond acceptors (Lipinski definition) is 3. The van der Waals surface area contributed by atoms with Crippen molar-refractivity contribution in [2.75, 3.05) is 18.9 Å². The lowest BCUT2D eigenvalue weighted by Crippen LogP contribution is -2.25. The van der Waals surface area contributed by atoms with Crippen LogP contribution >= 0.6 is 0 Å². The maximum absolute atomic E-state index is 12.9. The number of halogens is 1. The Morgan fingerprint density at radius 3 is 2.80 bits per heavy atom. The van der Waals surface area contributed by atoms with E-state index in [9.17, 15) is 9.18 Å². The number of nitrogen functional groups attached to an aromatic ring is 1. The fourth-order valence-corrected chi connectivity index (χ4v) is 1.13. The lowest BCUT2D eigenvalue weighted by molar-refractivity contribution is 0.0950. The first-order valence-corrected chi connectivity index (χ1v) is 4.58. The van der Waals surface area contributed by atoms with Crippen LogP contribution in [0.4, 0.5) is 10.1 Å². The molecule has 0 fully saturated rings. The monoisotopic (exact) mass is 212 g/mol. The Bertz CT molecular complexity index is 335. The molecular formula is C10H13FN2O2. The summed E-state index contributed by atoms with van der Waals surface area (Å²) in [7, 11) is 0. The molecule has 0 saturated heterocycles. The number of rotatable bonds is 4. The smallest absolute Gasteiger partial charge is 0.251 e. The molecule has 0 radical (unpaired) electrons. The highest BCUT2D eigenvalue weighted by molar-refractivity contribution is 5.94. The Morgan fingerprint density at radius 1 is 1.47 bits per heavy atom. The lowest BCUT2D eigenvalue weighted by Gasteiger charge is -2.04. The summed E-state index contributed by atoms with van der Waals surface area (Å²) in [6, 6.07) is 3.66. The van der Waals surface area contributed by atoms with Gasteiger partial charge in [0.05, 0.1) is 0 Å². The van der Waals surface area contributed by atoms with E-state index in [2.05, 4.69) is 5.32 Å². The summed E-state index contributed by atoms with van der Waals surface area (Å²) in [5.74, 6) is -0.933. The normalized spacial score (nSPS) is 10.0. The molecule has 0 bridgehead atoms. The molecule has 82 valence electrons. The van der Waals surface area contributed by atoms with Crippen LogP contribution in [-0.4, -0.2) is 24.2 Å². The zero-order valence-electron chi connectivity index (χ0n) is 8.16. The maximum atomic E-state index is 12.9. The minimum atomic E-state index is -0.540. The summed E-state index contributed by atoms with van der Waals surface area (Å²) in [4.78, 5) is 11.4. The third kappa shape index (κ3) is 3.55. The van der Waals surface area contributed by atoms with Crippen molar-refractivity contribution in [3.8, 4) is 0 Å². The summed E-state index contributed by atoms with van der Waals surface area (Å²) in [5, 5.41) is 11.0. The van der Waals surface area contributed by atoms with Gasteiger partial charge in [-0.2, -0.15) is 0 Å². The second kappa shape index (κ2) is 5.31. The molecule has 4 N–H and O–H groups in total. The number of aliphatic hydroxyl groups excluding tert-OH is 1. The molecule has 1 aromatic rings. The molecule has 5 heteroatoms. The summed E-state index contributed by atoms with van der Waals surface area (Å²) >= 11 is 0. The van der Waals surface area contributed by atoms with Crippen molar-refractivity contribution in [1.29, 1.82) is 0 Å². The molecule has 0 aliphatic carbocycles. The number of benzene rings is 1. The molecule has 0 spiro atoms. The summed E-state index contributed by atoms with van der Waals surface area (Å²) in [5.41, 5.74) is 5.79. The van der Waals surface area contributed by atoms with Crippen LogP contribution in [0.15, 0.2) is 18.2 Å². The topological polar surface area (TPSA) is 75.4 Å². The standard InChI is InChI=1S/C10H13FN2O2/c11-8-4-7(5-9(12)6-8)10(15)13-2-1-3-14/h4-6,14H,1-3,12H2,(H,13,15). The largest absolute Gasteiger partial charge is 0.399 e. The quantitative estimate of drug-likeness (QED) is 0.503. The van der Waals surface area contributed by atoms with Crippen LogP contribution in [0.25, 0.3) is 0 Å². The summed E-state index contributed by atoms with van der Waals surface area (Å²) in [6.45, 7) is 0.358. The Labute approximate surface area is 86.9 Å². The van der Waals surface area contributed by atoms with Crippen LogP contribution in [-0.2, 0) is 0 Å². The molecule has 0 aliphatic rings. The van der Waals surface area contributed by atoms with Crippen LogP contribution in [0, 0.1) is 5.82 Å². The number of anilines is 1. The van der Waals surface area contributed by atoms with Gasteiger partial charge in [-0.1, -0.05) is 0 Å². The highest BCUT2D eigenvalue weighted by Gasteiger charge is 2.06. The fourth-order valence-electron chi connectivity index (χ4n) is 1.13. The number of nitrogens with two attached hydrogens (primary N) is 1. The fraction of sp³-hybridized carbons (Fsp3) is 0.300. The summed E-state index contributed by atoms with van der Waals surface area (Å²) < 4.78 is 12.9.